The molecule has 5 nitrogen and oxygen atoms in total. The highest BCUT2D eigenvalue weighted by Crippen LogP contribution is 2.32. The Morgan fingerprint density at radius 2 is 2.06 bits per heavy atom. The number of nitrogens with one attached hydrogen (secondary N) is 1. The summed E-state index contributed by atoms with van der Waals surface area (Å²) in [7, 11) is -3.65. The Kier molecular flexibility index (Phi) is 4.41. The summed E-state index contributed by atoms with van der Waals surface area (Å²) in [5.41, 5.74) is -0.982. The molecule has 0 unspecified atom stereocenters. The van der Waals surface area contributed by atoms with E-state index < -0.39 is 21.8 Å². The molecule has 0 aliphatic rings. The molecule has 1 aromatic rings. The van der Waals surface area contributed by atoms with Gasteiger partial charge in [-0.15, -0.1) is 0 Å². The maximum atomic E-state index is 12.3. The second-order valence-electron chi connectivity index (χ2n) is 3.35. The lowest BCUT2D eigenvalue weighted by atomic mass is 10.3. The third kappa shape index (κ3) is 4.67. The molecule has 0 amide bonds. The van der Waals surface area contributed by atoms with Crippen molar-refractivity contribution in [1.29, 1.82) is 0 Å². The Bertz CT molecular complexity index is 533. The number of hydrogen-bond acceptors (Lipinski definition) is 4. The molecule has 1 heterocycles. The number of pyridine rings is 1. The maximum Gasteiger partial charge on any atom is 0.417 e. The van der Waals surface area contributed by atoms with Crippen LogP contribution in [0.3, 0.4) is 0 Å². The van der Waals surface area contributed by atoms with Crippen LogP contribution in [0.4, 0.5) is 19.0 Å². The summed E-state index contributed by atoms with van der Waals surface area (Å²) >= 11 is 5.58. The molecule has 0 saturated carbocycles. The van der Waals surface area contributed by atoms with E-state index in [0.29, 0.717) is 12.3 Å². The number of rotatable bonds is 4. The van der Waals surface area contributed by atoms with Gasteiger partial charge < -0.3 is 5.32 Å². The zero-order valence-corrected chi connectivity index (χ0v) is 10.4. The average molecular weight is 304 g/mol. The van der Waals surface area contributed by atoms with Gasteiger partial charge in [0.2, 0.25) is 10.0 Å². The molecule has 3 N–H and O–H groups in total. The van der Waals surface area contributed by atoms with E-state index in [1.807, 2.05) is 0 Å². The molecule has 0 aliphatic heterocycles. The summed E-state index contributed by atoms with van der Waals surface area (Å²) in [6, 6.07) is 0.702. The molecule has 0 radical (unpaired) electrons. The molecule has 0 bridgehead atoms. The van der Waals surface area contributed by atoms with Gasteiger partial charge in [0.05, 0.1) is 16.3 Å². The fraction of sp³-hybridized carbons (Fsp3) is 0.375. The molecule has 0 atom stereocenters. The number of halogens is 4. The molecule has 102 valence electrons. The van der Waals surface area contributed by atoms with Gasteiger partial charge in [0.25, 0.3) is 0 Å². The summed E-state index contributed by atoms with van der Waals surface area (Å²) in [6.07, 6.45) is -3.93. The number of nitrogens with two attached hydrogens (primary N) is 1. The molecule has 18 heavy (non-hydrogen) atoms. The van der Waals surface area contributed by atoms with Crippen LogP contribution in [-0.2, 0) is 16.2 Å². The molecule has 0 saturated heterocycles. The Morgan fingerprint density at radius 3 is 2.50 bits per heavy atom. The number of primary sulfonamides is 1. The number of anilines is 1. The highest BCUT2D eigenvalue weighted by molar-refractivity contribution is 7.89. The van der Waals surface area contributed by atoms with E-state index in [1.165, 1.54) is 0 Å². The van der Waals surface area contributed by atoms with E-state index in [2.05, 4.69) is 10.3 Å². The van der Waals surface area contributed by atoms with Crippen LogP contribution in [0.1, 0.15) is 5.56 Å². The number of alkyl halides is 3. The highest BCUT2D eigenvalue weighted by Gasteiger charge is 2.31. The molecule has 1 rings (SSSR count). The minimum atomic E-state index is -4.53. The lowest BCUT2D eigenvalue weighted by molar-refractivity contribution is -0.137. The molecule has 0 spiro atoms. The fourth-order valence-corrected chi connectivity index (χ4v) is 1.65. The van der Waals surface area contributed by atoms with E-state index in [1.54, 1.807) is 0 Å². The van der Waals surface area contributed by atoms with E-state index in [4.69, 9.17) is 16.7 Å². The third-order valence-electron chi connectivity index (χ3n) is 1.85. The first-order valence-electron chi connectivity index (χ1n) is 4.57. The topological polar surface area (TPSA) is 85.1 Å². The van der Waals surface area contributed by atoms with E-state index >= 15 is 0 Å². The predicted molar refractivity (Wildman–Crippen MR) is 60.7 cm³/mol. The molecule has 10 heteroatoms. The minimum absolute atomic E-state index is 0.0340. The normalized spacial score (nSPS) is 12.5. The molecular formula is C8H9ClF3N3O2S. The number of nitrogens with zero attached hydrogens (tertiary/aromatic N) is 1. The predicted octanol–water partition coefficient (Wildman–Crippen LogP) is 1.45. The summed E-state index contributed by atoms with van der Waals surface area (Å²) < 4.78 is 58.1. The molecule has 0 fully saturated rings. The van der Waals surface area contributed by atoms with Crippen LogP contribution in [0, 0.1) is 0 Å². The van der Waals surface area contributed by atoms with Gasteiger partial charge in [0.15, 0.2) is 0 Å². The number of aromatic nitrogens is 1. The first-order valence-corrected chi connectivity index (χ1v) is 6.66. The van der Waals surface area contributed by atoms with Gasteiger partial charge in [0.1, 0.15) is 5.82 Å². The Labute approximate surface area is 106 Å². The molecule has 1 aromatic heterocycles. The Balaban J connectivity index is 2.75. The first kappa shape index (κ1) is 15.0. The van der Waals surface area contributed by atoms with Gasteiger partial charge in [-0.3, -0.25) is 0 Å². The molecular weight excluding hydrogens is 295 g/mol. The van der Waals surface area contributed by atoms with Crippen molar-refractivity contribution < 1.29 is 21.6 Å². The standard InChI is InChI=1S/C8H9ClF3N3O2S/c9-6-3-5(8(10,11)12)4-15-7(6)14-1-2-18(13,16)17/h3-4H,1-2H2,(H,14,15)(H2,13,16,17). The van der Waals surface area contributed by atoms with Gasteiger partial charge in [-0.05, 0) is 6.07 Å². The van der Waals surface area contributed by atoms with E-state index in [-0.39, 0.29) is 23.1 Å². The largest absolute Gasteiger partial charge is 0.417 e. The minimum Gasteiger partial charge on any atom is -0.368 e. The lowest BCUT2D eigenvalue weighted by Crippen LogP contribution is -2.22. The quantitative estimate of drug-likeness (QED) is 0.881. The van der Waals surface area contributed by atoms with Crippen LogP contribution in [0.25, 0.3) is 0 Å². The lowest BCUT2D eigenvalue weighted by Gasteiger charge is -2.10. The number of sulfonamides is 1. The second kappa shape index (κ2) is 5.29. The smallest absolute Gasteiger partial charge is 0.368 e. The van der Waals surface area contributed by atoms with Gasteiger partial charge in [-0.2, -0.15) is 13.2 Å². The van der Waals surface area contributed by atoms with Crippen LogP contribution >= 0.6 is 11.6 Å². The number of hydrogen-bond donors (Lipinski definition) is 2. The van der Waals surface area contributed by atoms with Crippen molar-refractivity contribution >= 4 is 27.4 Å². The van der Waals surface area contributed by atoms with Crippen molar-refractivity contribution in [3.05, 3.63) is 22.8 Å². The van der Waals surface area contributed by atoms with Crippen molar-refractivity contribution in [3.8, 4) is 0 Å². The summed E-state index contributed by atoms with van der Waals surface area (Å²) in [4.78, 5) is 3.47. The summed E-state index contributed by atoms with van der Waals surface area (Å²) in [5.74, 6) is -0.417. The van der Waals surface area contributed by atoms with Crippen LogP contribution in [0.2, 0.25) is 5.02 Å². The monoisotopic (exact) mass is 303 g/mol. The summed E-state index contributed by atoms with van der Waals surface area (Å²) in [5, 5.41) is 6.98. The maximum absolute atomic E-state index is 12.3. The van der Waals surface area contributed by atoms with Crippen LogP contribution in [-0.4, -0.2) is 25.7 Å². The zero-order chi connectivity index (χ0) is 14.0. The van der Waals surface area contributed by atoms with Gasteiger partial charge in [-0.25, -0.2) is 18.5 Å². The average Bonchev–Trinajstić information content (AvgIpc) is 2.17. The van der Waals surface area contributed by atoms with Crippen molar-refractivity contribution in [2.45, 2.75) is 6.18 Å². The van der Waals surface area contributed by atoms with Crippen LogP contribution in [0.5, 0.6) is 0 Å². The van der Waals surface area contributed by atoms with Gasteiger partial charge >= 0.3 is 6.18 Å². The summed E-state index contributed by atoms with van der Waals surface area (Å²) in [6.45, 7) is -0.100. The molecule has 0 aliphatic carbocycles. The fourth-order valence-electron chi connectivity index (χ4n) is 1.03. The first-order chi connectivity index (χ1) is 8.09. The van der Waals surface area contributed by atoms with Crippen molar-refractivity contribution in [1.82, 2.24) is 4.98 Å². The van der Waals surface area contributed by atoms with Crippen LogP contribution < -0.4 is 10.5 Å². The molecule has 0 aromatic carbocycles. The van der Waals surface area contributed by atoms with Gasteiger partial charge in [-0.1, -0.05) is 11.6 Å². The van der Waals surface area contributed by atoms with E-state index in [0.717, 1.165) is 0 Å². The highest BCUT2D eigenvalue weighted by atomic mass is 35.5. The van der Waals surface area contributed by atoms with Crippen molar-refractivity contribution in [3.63, 3.8) is 0 Å². The third-order valence-corrected chi connectivity index (χ3v) is 2.91. The zero-order valence-electron chi connectivity index (χ0n) is 8.83. The van der Waals surface area contributed by atoms with Crippen molar-refractivity contribution in [2.75, 3.05) is 17.6 Å². The van der Waals surface area contributed by atoms with Crippen LogP contribution in [0.15, 0.2) is 12.3 Å². The SMILES string of the molecule is NS(=O)(=O)CCNc1ncc(C(F)(F)F)cc1Cl. The second-order valence-corrected chi connectivity index (χ2v) is 5.49. The Hall–Kier alpha value is -1.06. The Morgan fingerprint density at radius 1 is 1.44 bits per heavy atom. The van der Waals surface area contributed by atoms with Gasteiger partial charge in [0, 0.05) is 12.7 Å². The van der Waals surface area contributed by atoms with E-state index in [9.17, 15) is 21.6 Å². The van der Waals surface area contributed by atoms with Crippen molar-refractivity contribution in [2.24, 2.45) is 5.14 Å².